The molecule has 0 amide bonds. The summed E-state index contributed by atoms with van der Waals surface area (Å²) in [4.78, 5) is 14.7. The van der Waals surface area contributed by atoms with E-state index in [1.807, 2.05) is 25.1 Å². The van der Waals surface area contributed by atoms with E-state index in [1.54, 1.807) is 39.3 Å². The molecule has 2 aromatic rings. The molecule has 2 heterocycles. The number of nitrogens with one attached hydrogen (secondary N) is 1. The zero-order valence-electron chi connectivity index (χ0n) is 20.1. The Kier molecular flexibility index (Phi) is 8.04. The zero-order chi connectivity index (χ0) is 24.2. The van der Waals surface area contributed by atoms with Gasteiger partial charge in [0, 0.05) is 18.1 Å². The Labute approximate surface area is 196 Å². The third-order valence-corrected chi connectivity index (χ3v) is 7.01. The van der Waals surface area contributed by atoms with Crippen LogP contribution in [0.1, 0.15) is 32.3 Å². The van der Waals surface area contributed by atoms with E-state index in [9.17, 15) is 13.2 Å². The van der Waals surface area contributed by atoms with Crippen LogP contribution in [0.15, 0.2) is 24.4 Å². The largest absolute Gasteiger partial charge is 0.497 e. The molecule has 1 aliphatic rings. The summed E-state index contributed by atoms with van der Waals surface area (Å²) in [5, 5.41) is 4.01. The van der Waals surface area contributed by atoms with Crippen molar-refractivity contribution in [1.82, 2.24) is 14.2 Å². The number of hydrogen-bond donors (Lipinski definition) is 1. The Morgan fingerprint density at radius 2 is 1.94 bits per heavy atom. The van der Waals surface area contributed by atoms with Gasteiger partial charge in [-0.3, -0.25) is 8.98 Å². The molecule has 33 heavy (non-hydrogen) atoms. The average molecular weight is 482 g/mol. The highest BCUT2D eigenvalue weighted by Gasteiger charge is 2.35. The molecule has 184 valence electrons. The van der Waals surface area contributed by atoms with Gasteiger partial charge >= 0.3 is 16.3 Å². The lowest BCUT2D eigenvalue weighted by Gasteiger charge is -2.28. The van der Waals surface area contributed by atoms with Gasteiger partial charge in [0.2, 0.25) is 0 Å². The second kappa shape index (κ2) is 10.4. The smallest absolute Gasteiger partial charge is 0.366 e. The second-order valence-corrected chi connectivity index (χ2v) is 10.8. The molecule has 3 rings (SSSR count). The molecule has 0 bridgehead atoms. The number of hydrogen-bond acceptors (Lipinski definition) is 8. The monoisotopic (exact) mass is 481 g/mol. The topological polar surface area (TPSA) is 99.1 Å². The maximum Gasteiger partial charge on any atom is 0.366 e. The van der Waals surface area contributed by atoms with Crippen molar-refractivity contribution in [2.45, 2.75) is 39.2 Å². The van der Waals surface area contributed by atoms with Crippen LogP contribution in [0, 0.1) is 5.41 Å². The summed E-state index contributed by atoms with van der Waals surface area (Å²) < 4.78 is 43.7. The number of nitrogens with zero attached hydrogens (tertiary/aromatic N) is 2. The number of esters is 1. The molecule has 0 saturated carbocycles. The third-order valence-electron chi connectivity index (χ3n) is 5.81. The van der Waals surface area contributed by atoms with Gasteiger partial charge in [-0.2, -0.15) is 8.42 Å². The summed E-state index contributed by atoms with van der Waals surface area (Å²) in [5.41, 5.74) is 0.256. The number of likely N-dealkylation sites (N-methyl/N-ethyl adjacent to an activating group) is 1. The van der Waals surface area contributed by atoms with E-state index >= 15 is 0 Å². The lowest BCUT2D eigenvalue weighted by Crippen LogP contribution is -2.39. The van der Waals surface area contributed by atoms with Gasteiger partial charge in [-0.15, -0.1) is 0 Å². The van der Waals surface area contributed by atoms with Crippen LogP contribution in [-0.4, -0.2) is 76.8 Å². The molecule has 1 aromatic heterocycles. The third kappa shape index (κ3) is 6.26. The Balaban J connectivity index is 1.79. The molecule has 0 unspecified atom stereocenters. The van der Waals surface area contributed by atoms with Gasteiger partial charge in [0.05, 0.1) is 24.6 Å². The van der Waals surface area contributed by atoms with Gasteiger partial charge in [0.1, 0.15) is 11.9 Å². The van der Waals surface area contributed by atoms with Crippen LogP contribution in [0.3, 0.4) is 0 Å². The molecular formula is C23H35N3O6S. The SMILES string of the molecule is COc1ccc2c(c1)c(CCN(C)C)cn2S(=O)(=O)OCC(C)(C)C(=O)OC1CCNCC1. The molecule has 1 fully saturated rings. The van der Waals surface area contributed by atoms with Crippen molar-refractivity contribution in [2.24, 2.45) is 5.41 Å². The standard InChI is InChI=1S/C23H35N3O6S/c1-23(2,22(27)32-18-8-11-24-12-9-18)16-31-33(28,29)26-15-17(10-13-25(3)4)20-14-19(30-5)6-7-21(20)26/h6-7,14-15,18,24H,8-13,16H2,1-5H3. The van der Waals surface area contributed by atoms with E-state index in [4.69, 9.17) is 13.7 Å². The minimum absolute atomic E-state index is 0.155. The predicted molar refractivity (Wildman–Crippen MR) is 127 cm³/mol. The van der Waals surface area contributed by atoms with E-state index in [1.165, 1.54) is 0 Å². The maximum absolute atomic E-state index is 13.2. The fraction of sp³-hybridized carbons (Fsp3) is 0.609. The molecule has 9 nitrogen and oxygen atoms in total. The van der Waals surface area contributed by atoms with E-state index in [0.29, 0.717) is 17.7 Å². The van der Waals surface area contributed by atoms with Crippen LogP contribution in [0.2, 0.25) is 0 Å². The van der Waals surface area contributed by atoms with E-state index in [0.717, 1.165) is 47.4 Å². The normalized spacial score (nSPS) is 15.8. The van der Waals surface area contributed by atoms with Crippen LogP contribution >= 0.6 is 0 Å². The fourth-order valence-corrected chi connectivity index (χ4v) is 4.88. The van der Waals surface area contributed by atoms with Gasteiger partial charge < -0.3 is 19.7 Å². The molecule has 0 radical (unpaired) electrons. The van der Waals surface area contributed by atoms with Crippen molar-refractivity contribution in [1.29, 1.82) is 0 Å². The number of methoxy groups -OCH3 is 1. The number of rotatable bonds is 10. The van der Waals surface area contributed by atoms with Crippen LogP contribution in [0.4, 0.5) is 0 Å². The Bertz CT molecular complexity index is 1070. The quantitative estimate of drug-likeness (QED) is 0.516. The number of ether oxygens (including phenoxy) is 2. The molecule has 1 N–H and O–H groups in total. The molecular weight excluding hydrogens is 446 g/mol. The van der Waals surface area contributed by atoms with Crippen LogP contribution in [-0.2, 0) is 30.4 Å². The predicted octanol–water partition coefficient (Wildman–Crippen LogP) is 2.18. The van der Waals surface area contributed by atoms with E-state index in [-0.39, 0.29) is 12.7 Å². The highest BCUT2D eigenvalue weighted by molar-refractivity contribution is 7.85. The fourth-order valence-electron chi connectivity index (χ4n) is 3.66. The van der Waals surface area contributed by atoms with Crippen LogP contribution in [0.25, 0.3) is 10.9 Å². The summed E-state index contributed by atoms with van der Waals surface area (Å²) >= 11 is 0. The number of carbonyl (C=O) groups is 1. The zero-order valence-corrected chi connectivity index (χ0v) is 20.9. The van der Waals surface area contributed by atoms with Gasteiger partial charge in [0.15, 0.2) is 0 Å². The summed E-state index contributed by atoms with van der Waals surface area (Å²) in [5.74, 6) is 0.185. The van der Waals surface area contributed by atoms with Crippen LogP contribution < -0.4 is 10.1 Å². The molecule has 1 aliphatic heterocycles. The summed E-state index contributed by atoms with van der Waals surface area (Å²) in [6, 6.07) is 5.24. The first-order valence-corrected chi connectivity index (χ1v) is 12.5. The Hall–Kier alpha value is -2.14. The van der Waals surface area contributed by atoms with Gasteiger partial charge in [-0.25, -0.2) is 3.97 Å². The van der Waals surface area contributed by atoms with Gasteiger partial charge in [0.25, 0.3) is 0 Å². The van der Waals surface area contributed by atoms with Crippen molar-refractivity contribution in [3.8, 4) is 5.75 Å². The van der Waals surface area contributed by atoms with Crippen molar-refractivity contribution in [3.63, 3.8) is 0 Å². The molecule has 0 aliphatic carbocycles. The molecule has 1 saturated heterocycles. The molecule has 1 aromatic carbocycles. The van der Waals surface area contributed by atoms with E-state index < -0.39 is 21.7 Å². The van der Waals surface area contributed by atoms with Crippen molar-refractivity contribution in [2.75, 3.05) is 47.4 Å². The minimum Gasteiger partial charge on any atom is -0.497 e. The molecule has 0 atom stereocenters. The summed E-state index contributed by atoms with van der Waals surface area (Å²) in [6.07, 6.45) is 3.58. The minimum atomic E-state index is -4.18. The number of piperidine rings is 1. The van der Waals surface area contributed by atoms with Crippen molar-refractivity contribution in [3.05, 3.63) is 30.0 Å². The summed E-state index contributed by atoms with van der Waals surface area (Å²) in [6.45, 7) is 5.30. The average Bonchev–Trinajstić information content (AvgIpc) is 3.16. The Morgan fingerprint density at radius 3 is 2.58 bits per heavy atom. The van der Waals surface area contributed by atoms with Gasteiger partial charge in [-0.1, -0.05) is 0 Å². The molecule has 0 spiro atoms. The highest BCUT2D eigenvalue weighted by Crippen LogP contribution is 2.29. The lowest BCUT2D eigenvalue weighted by molar-refractivity contribution is -0.162. The highest BCUT2D eigenvalue weighted by atomic mass is 32.2. The Morgan fingerprint density at radius 1 is 1.24 bits per heavy atom. The first-order valence-electron chi connectivity index (χ1n) is 11.2. The van der Waals surface area contributed by atoms with Crippen molar-refractivity contribution >= 4 is 27.2 Å². The first kappa shape index (κ1) is 25.5. The van der Waals surface area contributed by atoms with Crippen molar-refractivity contribution < 1.29 is 26.9 Å². The number of aromatic nitrogens is 1. The van der Waals surface area contributed by atoms with E-state index in [2.05, 4.69) is 5.32 Å². The number of benzene rings is 1. The number of fused-ring (bicyclic) bond motifs is 1. The molecule has 10 heteroatoms. The first-order chi connectivity index (χ1) is 15.5. The second-order valence-electron chi connectivity index (χ2n) is 9.34. The summed E-state index contributed by atoms with van der Waals surface area (Å²) in [7, 11) is 1.32. The van der Waals surface area contributed by atoms with Gasteiger partial charge in [-0.05, 0) is 84.1 Å². The lowest BCUT2D eigenvalue weighted by atomic mass is 9.95. The van der Waals surface area contributed by atoms with Crippen LogP contribution in [0.5, 0.6) is 5.75 Å². The maximum atomic E-state index is 13.2. The number of carbonyl (C=O) groups excluding carboxylic acids is 1.